The summed E-state index contributed by atoms with van der Waals surface area (Å²) in [6.07, 6.45) is 4.34. The quantitative estimate of drug-likeness (QED) is 0.782. The van der Waals surface area contributed by atoms with Gasteiger partial charge < -0.3 is 9.84 Å². The predicted molar refractivity (Wildman–Crippen MR) is 70.2 cm³/mol. The molecule has 16 heavy (non-hydrogen) atoms. The van der Waals surface area contributed by atoms with Gasteiger partial charge >= 0.3 is 0 Å². The van der Waals surface area contributed by atoms with Crippen molar-refractivity contribution >= 4 is 23.5 Å². The lowest BCUT2D eigenvalue weighted by Crippen LogP contribution is -2.48. The standard InChI is InChI=1S/C12H20O2S2/c13-12(3-6-16-9-12)10-1-4-14-11(7-10)2-5-15-8-11/h10,13H,1-9H2. The van der Waals surface area contributed by atoms with Gasteiger partial charge in [0.15, 0.2) is 0 Å². The molecule has 3 heterocycles. The number of rotatable bonds is 1. The Balaban J connectivity index is 1.72. The van der Waals surface area contributed by atoms with Crippen LogP contribution in [-0.4, -0.2) is 45.9 Å². The third-order valence-corrected chi connectivity index (χ3v) is 6.77. The van der Waals surface area contributed by atoms with Crippen molar-refractivity contribution in [1.29, 1.82) is 0 Å². The molecule has 2 nitrogen and oxygen atoms in total. The molecule has 3 unspecified atom stereocenters. The number of aliphatic hydroxyl groups is 1. The summed E-state index contributed by atoms with van der Waals surface area (Å²) in [5.41, 5.74) is -0.259. The first-order valence-electron chi connectivity index (χ1n) is 6.24. The van der Waals surface area contributed by atoms with Crippen LogP contribution in [0.1, 0.15) is 25.7 Å². The molecule has 3 fully saturated rings. The molecule has 0 amide bonds. The van der Waals surface area contributed by atoms with Gasteiger partial charge in [0.05, 0.1) is 11.2 Å². The first-order valence-corrected chi connectivity index (χ1v) is 8.55. The number of ether oxygens (including phenoxy) is 1. The van der Waals surface area contributed by atoms with Gasteiger partial charge in [-0.1, -0.05) is 0 Å². The van der Waals surface area contributed by atoms with E-state index < -0.39 is 0 Å². The summed E-state index contributed by atoms with van der Waals surface area (Å²) in [6, 6.07) is 0. The van der Waals surface area contributed by atoms with Gasteiger partial charge in [0.2, 0.25) is 0 Å². The average molecular weight is 260 g/mol. The van der Waals surface area contributed by atoms with Gasteiger partial charge in [-0.25, -0.2) is 0 Å². The van der Waals surface area contributed by atoms with E-state index in [0.717, 1.165) is 43.1 Å². The molecule has 0 aromatic rings. The summed E-state index contributed by atoms with van der Waals surface area (Å²) in [6.45, 7) is 0.859. The molecule has 0 bridgehead atoms. The first-order chi connectivity index (χ1) is 7.73. The fourth-order valence-electron chi connectivity index (χ4n) is 3.24. The van der Waals surface area contributed by atoms with E-state index in [9.17, 15) is 5.11 Å². The largest absolute Gasteiger partial charge is 0.389 e. The summed E-state index contributed by atoms with van der Waals surface area (Å²) in [7, 11) is 0. The highest BCUT2D eigenvalue weighted by molar-refractivity contribution is 7.99. The van der Waals surface area contributed by atoms with Crippen LogP contribution in [0, 0.1) is 5.92 Å². The normalized spacial score (nSPS) is 48.9. The summed E-state index contributed by atoms with van der Waals surface area (Å²) in [4.78, 5) is 0. The highest BCUT2D eigenvalue weighted by Gasteiger charge is 2.48. The van der Waals surface area contributed by atoms with E-state index >= 15 is 0 Å². The second-order valence-corrected chi connectivity index (χ2v) is 7.64. The van der Waals surface area contributed by atoms with Gasteiger partial charge in [-0.3, -0.25) is 0 Å². The van der Waals surface area contributed by atoms with Crippen molar-refractivity contribution in [2.45, 2.75) is 36.9 Å². The summed E-state index contributed by atoms with van der Waals surface area (Å²) >= 11 is 3.92. The number of hydrogen-bond acceptors (Lipinski definition) is 4. The molecule has 3 aliphatic heterocycles. The molecule has 4 heteroatoms. The Hall–Kier alpha value is 0.620. The Morgan fingerprint density at radius 2 is 1.94 bits per heavy atom. The molecule has 1 N–H and O–H groups in total. The van der Waals surface area contributed by atoms with Crippen molar-refractivity contribution < 1.29 is 9.84 Å². The van der Waals surface area contributed by atoms with E-state index in [1.807, 2.05) is 23.5 Å². The van der Waals surface area contributed by atoms with Crippen LogP contribution in [0.25, 0.3) is 0 Å². The molecular weight excluding hydrogens is 240 g/mol. The molecule has 3 saturated heterocycles. The maximum absolute atomic E-state index is 10.7. The molecule has 3 aliphatic rings. The lowest BCUT2D eigenvalue weighted by atomic mass is 9.75. The topological polar surface area (TPSA) is 29.5 Å². The summed E-state index contributed by atoms with van der Waals surface area (Å²) in [5.74, 6) is 4.94. The van der Waals surface area contributed by atoms with Crippen molar-refractivity contribution in [2.24, 2.45) is 5.92 Å². The van der Waals surface area contributed by atoms with Crippen molar-refractivity contribution in [3.8, 4) is 0 Å². The van der Waals surface area contributed by atoms with Crippen LogP contribution in [0.4, 0.5) is 0 Å². The minimum absolute atomic E-state index is 0.122. The maximum atomic E-state index is 10.7. The molecule has 3 atom stereocenters. The zero-order valence-electron chi connectivity index (χ0n) is 9.61. The molecule has 0 aliphatic carbocycles. The molecule has 0 aromatic heterocycles. The van der Waals surface area contributed by atoms with Gasteiger partial charge in [0.25, 0.3) is 0 Å². The molecule has 0 saturated carbocycles. The fraction of sp³-hybridized carbons (Fsp3) is 1.00. The Morgan fingerprint density at radius 3 is 2.62 bits per heavy atom. The smallest absolute Gasteiger partial charge is 0.0784 e. The van der Waals surface area contributed by atoms with Crippen molar-refractivity contribution in [1.82, 2.24) is 0 Å². The molecule has 0 aromatic carbocycles. The molecule has 1 spiro atoms. The van der Waals surface area contributed by atoms with E-state index in [2.05, 4.69) is 0 Å². The van der Waals surface area contributed by atoms with Crippen LogP contribution < -0.4 is 0 Å². The zero-order chi connectivity index (χ0) is 11.1. The number of thioether (sulfide) groups is 2. The minimum atomic E-state index is -0.380. The Bertz CT molecular complexity index is 248. The highest BCUT2D eigenvalue weighted by atomic mass is 32.2. The van der Waals surface area contributed by atoms with Crippen LogP contribution in [0.2, 0.25) is 0 Å². The average Bonchev–Trinajstić information content (AvgIpc) is 2.90. The second-order valence-electron chi connectivity index (χ2n) is 5.43. The SMILES string of the molecule is OC1(C2CCOC3(CCSC3)C2)CCSC1. The third-order valence-electron chi connectivity index (χ3n) is 4.35. The molecular formula is C12H20O2S2. The van der Waals surface area contributed by atoms with Gasteiger partial charge in [0, 0.05) is 18.1 Å². The van der Waals surface area contributed by atoms with Crippen LogP contribution in [0.3, 0.4) is 0 Å². The highest BCUT2D eigenvalue weighted by Crippen LogP contribution is 2.46. The zero-order valence-corrected chi connectivity index (χ0v) is 11.2. The van der Waals surface area contributed by atoms with Gasteiger partial charge in [-0.2, -0.15) is 23.5 Å². The Morgan fingerprint density at radius 1 is 1.12 bits per heavy atom. The molecule has 3 rings (SSSR count). The third kappa shape index (κ3) is 2.02. The van der Waals surface area contributed by atoms with Crippen molar-refractivity contribution in [2.75, 3.05) is 29.6 Å². The van der Waals surface area contributed by atoms with E-state index in [1.54, 1.807) is 0 Å². The van der Waals surface area contributed by atoms with Crippen molar-refractivity contribution in [3.05, 3.63) is 0 Å². The molecule has 0 radical (unpaired) electrons. The van der Waals surface area contributed by atoms with E-state index in [4.69, 9.17) is 4.74 Å². The van der Waals surface area contributed by atoms with E-state index in [0.29, 0.717) is 5.92 Å². The molecule has 92 valence electrons. The maximum Gasteiger partial charge on any atom is 0.0784 e. The van der Waals surface area contributed by atoms with Crippen LogP contribution in [0.15, 0.2) is 0 Å². The van der Waals surface area contributed by atoms with Gasteiger partial charge in [-0.15, -0.1) is 0 Å². The van der Waals surface area contributed by atoms with E-state index in [-0.39, 0.29) is 11.2 Å². The lowest BCUT2D eigenvalue weighted by Gasteiger charge is -2.43. The second kappa shape index (κ2) is 4.38. The lowest BCUT2D eigenvalue weighted by molar-refractivity contribution is -0.124. The van der Waals surface area contributed by atoms with Crippen LogP contribution in [0.5, 0.6) is 0 Å². The van der Waals surface area contributed by atoms with E-state index in [1.165, 1.54) is 12.2 Å². The van der Waals surface area contributed by atoms with Crippen LogP contribution >= 0.6 is 23.5 Å². The summed E-state index contributed by atoms with van der Waals surface area (Å²) < 4.78 is 6.02. The predicted octanol–water partition coefficient (Wildman–Crippen LogP) is 2.16. The Labute approximate surface area is 106 Å². The fourth-order valence-corrected chi connectivity index (χ4v) is 6.00. The van der Waals surface area contributed by atoms with Gasteiger partial charge in [0.1, 0.15) is 0 Å². The van der Waals surface area contributed by atoms with Crippen LogP contribution in [-0.2, 0) is 4.74 Å². The van der Waals surface area contributed by atoms with Crippen molar-refractivity contribution in [3.63, 3.8) is 0 Å². The minimum Gasteiger partial charge on any atom is -0.389 e. The van der Waals surface area contributed by atoms with Gasteiger partial charge in [-0.05, 0) is 43.1 Å². The number of hydrogen-bond donors (Lipinski definition) is 1. The monoisotopic (exact) mass is 260 g/mol. The summed E-state index contributed by atoms with van der Waals surface area (Å²) in [5, 5.41) is 10.7. The first kappa shape index (κ1) is 11.7. The Kier molecular flexibility index (Phi) is 3.20.